The zero-order valence-electron chi connectivity index (χ0n) is 16.4. The molecule has 3 rings (SSSR count). The van der Waals surface area contributed by atoms with Gasteiger partial charge in [0.2, 0.25) is 5.91 Å². The van der Waals surface area contributed by atoms with Crippen molar-refractivity contribution < 1.29 is 31.8 Å². The van der Waals surface area contributed by atoms with E-state index >= 15 is 0 Å². The van der Waals surface area contributed by atoms with Gasteiger partial charge >= 0.3 is 6.01 Å². The molecule has 0 atom stereocenters. The Balaban J connectivity index is 1.72. The van der Waals surface area contributed by atoms with Gasteiger partial charge < -0.3 is 18.6 Å². The first-order chi connectivity index (χ1) is 14.4. The summed E-state index contributed by atoms with van der Waals surface area (Å²) in [5.74, 6) is -0.00951. The maximum absolute atomic E-state index is 12.4. The highest BCUT2D eigenvalue weighted by atomic mass is 32.2. The van der Waals surface area contributed by atoms with E-state index in [4.69, 9.17) is 18.6 Å². The first kappa shape index (κ1) is 21.1. The Bertz CT molecular complexity index is 1140. The molecule has 3 aromatic rings. The predicted molar refractivity (Wildman–Crippen MR) is 107 cm³/mol. The topological polar surface area (TPSA) is 130 Å². The number of nitrogens with one attached hydrogen (secondary N) is 1. The average Bonchev–Trinajstić information content (AvgIpc) is 3.20. The Kier molecular flexibility index (Phi) is 6.21. The Morgan fingerprint density at radius 3 is 2.27 bits per heavy atom. The normalized spacial score (nSPS) is 11.0. The summed E-state index contributed by atoms with van der Waals surface area (Å²) >= 11 is 0. The van der Waals surface area contributed by atoms with Crippen molar-refractivity contribution in [2.24, 2.45) is 0 Å². The molecule has 30 heavy (non-hydrogen) atoms. The van der Waals surface area contributed by atoms with E-state index in [-0.39, 0.29) is 16.8 Å². The molecule has 0 bridgehead atoms. The third-order valence-electron chi connectivity index (χ3n) is 4.05. The molecule has 0 aliphatic rings. The van der Waals surface area contributed by atoms with Crippen molar-refractivity contribution >= 4 is 21.8 Å². The van der Waals surface area contributed by atoms with Crippen molar-refractivity contribution in [3.8, 4) is 28.7 Å². The first-order valence-electron chi connectivity index (χ1n) is 8.59. The maximum atomic E-state index is 12.4. The maximum Gasteiger partial charge on any atom is 0.322 e. The quantitative estimate of drug-likeness (QED) is 0.568. The summed E-state index contributed by atoms with van der Waals surface area (Å²) < 4.78 is 45.6. The van der Waals surface area contributed by atoms with E-state index in [0.29, 0.717) is 22.8 Å². The van der Waals surface area contributed by atoms with Gasteiger partial charge in [-0.3, -0.25) is 10.1 Å². The number of anilines is 1. The molecule has 1 heterocycles. The van der Waals surface area contributed by atoms with E-state index in [1.807, 2.05) is 0 Å². The highest BCUT2D eigenvalue weighted by molar-refractivity contribution is 7.92. The number of carbonyl (C=O) groups is 1. The number of nitrogens with zero attached hydrogens (tertiary/aromatic N) is 2. The molecule has 11 heteroatoms. The van der Waals surface area contributed by atoms with E-state index in [9.17, 15) is 13.2 Å². The van der Waals surface area contributed by atoms with Crippen LogP contribution in [-0.4, -0.2) is 51.6 Å². The van der Waals surface area contributed by atoms with Gasteiger partial charge in [0.1, 0.15) is 23.0 Å². The minimum atomic E-state index is -3.86. The van der Waals surface area contributed by atoms with Gasteiger partial charge in [-0.1, -0.05) is 5.10 Å². The van der Waals surface area contributed by atoms with Crippen LogP contribution in [0.25, 0.3) is 11.5 Å². The lowest BCUT2D eigenvalue weighted by atomic mass is 10.2. The zero-order valence-corrected chi connectivity index (χ0v) is 17.2. The van der Waals surface area contributed by atoms with Gasteiger partial charge in [0, 0.05) is 6.07 Å². The Morgan fingerprint density at radius 1 is 0.967 bits per heavy atom. The summed E-state index contributed by atoms with van der Waals surface area (Å²) in [5.41, 5.74) is 0.483. The lowest BCUT2D eigenvalue weighted by Gasteiger charge is -2.07. The van der Waals surface area contributed by atoms with Crippen LogP contribution in [0.1, 0.15) is 0 Å². The van der Waals surface area contributed by atoms with E-state index in [1.165, 1.54) is 45.6 Å². The van der Waals surface area contributed by atoms with Crippen molar-refractivity contribution in [1.29, 1.82) is 0 Å². The third-order valence-corrected chi connectivity index (χ3v) is 5.68. The highest BCUT2D eigenvalue weighted by Crippen LogP contribution is 2.33. The predicted octanol–water partition coefficient (Wildman–Crippen LogP) is 2.17. The van der Waals surface area contributed by atoms with Gasteiger partial charge in [-0.05, 0) is 36.4 Å². The van der Waals surface area contributed by atoms with Crippen LogP contribution in [-0.2, 0) is 14.6 Å². The van der Waals surface area contributed by atoms with Crippen molar-refractivity contribution in [2.75, 3.05) is 32.4 Å². The van der Waals surface area contributed by atoms with E-state index in [1.54, 1.807) is 18.2 Å². The molecule has 0 spiro atoms. The number of ether oxygens (including phenoxy) is 3. The molecule has 1 aromatic heterocycles. The number of amides is 1. The van der Waals surface area contributed by atoms with E-state index < -0.39 is 21.5 Å². The van der Waals surface area contributed by atoms with Crippen LogP contribution in [0.3, 0.4) is 0 Å². The minimum absolute atomic E-state index is 0.00682. The van der Waals surface area contributed by atoms with E-state index in [2.05, 4.69) is 15.5 Å². The minimum Gasteiger partial charge on any atom is -0.497 e. The number of hydrogen-bond donors (Lipinski definition) is 1. The number of aromatic nitrogens is 2. The van der Waals surface area contributed by atoms with Gasteiger partial charge in [-0.15, -0.1) is 5.10 Å². The van der Waals surface area contributed by atoms with Crippen LogP contribution in [0.5, 0.6) is 17.2 Å². The second-order valence-electron chi connectivity index (χ2n) is 5.96. The van der Waals surface area contributed by atoms with Crippen LogP contribution in [0.15, 0.2) is 51.8 Å². The monoisotopic (exact) mass is 433 g/mol. The number of hydrogen-bond acceptors (Lipinski definition) is 9. The molecule has 0 aliphatic heterocycles. The standard InChI is InChI=1S/C19H19N3O7S/c1-26-12-4-7-14(8-5-12)30(24,25)11-17(23)20-19-22-21-18(29-19)15-9-6-13(27-2)10-16(15)28-3/h4-10H,11H2,1-3H3,(H,20,22,23). The van der Waals surface area contributed by atoms with Crippen molar-refractivity contribution in [2.45, 2.75) is 4.90 Å². The van der Waals surface area contributed by atoms with Gasteiger partial charge in [0.25, 0.3) is 5.89 Å². The molecule has 1 amide bonds. The molecule has 0 fully saturated rings. The lowest BCUT2D eigenvalue weighted by molar-refractivity contribution is -0.114. The fourth-order valence-corrected chi connectivity index (χ4v) is 3.69. The summed E-state index contributed by atoms with van der Waals surface area (Å²) in [7, 11) is 0.606. The Labute approximate surface area is 172 Å². The van der Waals surface area contributed by atoms with Gasteiger partial charge in [-0.2, -0.15) is 0 Å². The molecule has 0 saturated carbocycles. The Hall–Kier alpha value is -3.60. The summed E-state index contributed by atoms with van der Waals surface area (Å²) in [6, 6.07) is 10.5. The number of benzene rings is 2. The summed E-state index contributed by atoms with van der Waals surface area (Å²) in [6.45, 7) is 0. The summed E-state index contributed by atoms with van der Waals surface area (Å²) in [4.78, 5) is 12.2. The first-order valence-corrected chi connectivity index (χ1v) is 10.2. The van der Waals surface area contributed by atoms with Crippen LogP contribution >= 0.6 is 0 Å². The number of sulfone groups is 1. The highest BCUT2D eigenvalue weighted by Gasteiger charge is 2.22. The molecular formula is C19H19N3O7S. The Morgan fingerprint density at radius 2 is 1.63 bits per heavy atom. The van der Waals surface area contributed by atoms with Gasteiger partial charge in [0.15, 0.2) is 9.84 Å². The largest absolute Gasteiger partial charge is 0.497 e. The molecule has 10 nitrogen and oxygen atoms in total. The average molecular weight is 433 g/mol. The number of methoxy groups -OCH3 is 3. The molecule has 0 radical (unpaired) electrons. The van der Waals surface area contributed by atoms with Crippen LogP contribution in [0, 0.1) is 0 Å². The molecule has 1 N–H and O–H groups in total. The summed E-state index contributed by atoms with van der Waals surface area (Å²) in [6.07, 6.45) is 0. The molecule has 0 unspecified atom stereocenters. The van der Waals surface area contributed by atoms with Crippen LogP contribution in [0.2, 0.25) is 0 Å². The second kappa shape index (κ2) is 8.82. The number of rotatable bonds is 8. The van der Waals surface area contributed by atoms with E-state index in [0.717, 1.165) is 0 Å². The van der Waals surface area contributed by atoms with Crippen molar-refractivity contribution in [3.05, 3.63) is 42.5 Å². The van der Waals surface area contributed by atoms with Crippen molar-refractivity contribution in [1.82, 2.24) is 10.2 Å². The zero-order chi connectivity index (χ0) is 21.7. The van der Waals surface area contributed by atoms with Gasteiger partial charge in [-0.25, -0.2) is 8.42 Å². The summed E-state index contributed by atoms with van der Waals surface area (Å²) in [5, 5.41) is 9.88. The molecule has 0 saturated heterocycles. The molecule has 158 valence electrons. The fraction of sp³-hybridized carbons (Fsp3) is 0.211. The molecule has 0 aliphatic carbocycles. The number of carbonyl (C=O) groups excluding carboxylic acids is 1. The molecule has 2 aromatic carbocycles. The molecular weight excluding hydrogens is 414 g/mol. The van der Waals surface area contributed by atoms with Crippen LogP contribution in [0.4, 0.5) is 6.01 Å². The van der Waals surface area contributed by atoms with Gasteiger partial charge in [0.05, 0.1) is 31.8 Å². The second-order valence-corrected chi connectivity index (χ2v) is 7.95. The fourth-order valence-electron chi connectivity index (χ4n) is 2.55. The lowest BCUT2D eigenvalue weighted by Crippen LogP contribution is -2.23. The van der Waals surface area contributed by atoms with Crippen LogP contribution < -0.4 is 19.5 Å². The SMILES string of the molecule is COc1ccc(S(=O)(=O)CC(=O)Nc2nnc(-c3ccc(OC)cc3OC)o2)cc1. The third kappa shape index (κ3) is 4.69. The smallest absolute Gasteiger partial charge is 0.322 e. The van der Waals surface area contributed by atoms with Crippen molar-refractivity contribution in [3.63, 3.8) is 0 Å².